The van der Waals surface area contributed by atoms with Crippen molar-refractivity contribution in [2.75, 3.05) is 50.5 Å². The Bertz CT molecular complexity index is 1010. The van der Waals surface area contributed by atoms with Crippen LogP contribution in [-0.2, 0) is 0 Å². The predicted octanol–water partition coefficient (Wildman–Crippen LogP) is 5.66. The molecule has 0 aliphatic heterocycles. The molecule has 1 heterocycles. The summed E-state index contributed by atoms with van der Waals surface area (Å²) in [4.78, 5) is 14.0. The SMILES string of the molecule is CCN(CC)CCCNc1nc(C=Cc2ccc(N(C)C)cc2)nc2cc(Cl)ccc12. The molecule has 2 aromatic carbocycles. The quantitative estimate of drug-likeness (QED) is 0.414. The lowest BCUT2D eigenvalue weighted by molar-refractivity contribution is 0.303. The second kappa shape index (κ2) is 11.1. The average Bonchev–Trinajstić information content (AvgIpc) is 2.77. The fraction of sp³-hybridized carbons (Fsp3) is 0.360. The number of nitrogens with one attached hydrogen (secondary N) is 1. The molecule has 0 bridgehead atoms. The molecule has 0 unspecified atom stereocenters. The first-order valence-corrected chi connectivity index (χ1v) is 11.3. The summed E-state index contributed by atoms with van der Waals surface area (Å²) in [5.74, 6) is 1.52. The Morgan fingerprint density at radius 2 is 1.71 bits per heavy atom. The van der Waals surface area contributed by atoms with Crippen molar-refractivity contribution in [3.63, 3.8) is 0 Å². The molecule has 0 spiro atoms. The summed E-state index contributed by atoms with van der Waals surface area (Å²) in [6.45, 7) is 8.49. The van der Waals surface area contributed by atoms with E-state index in [-0.39, 0.29) is 0 Å². The van der Waals surface area contributed by atoms with Crippen LogP contribution in [-0.4, -0.2) is 55.1 Å². The molecule has 0 saturated heterocycles. The molecule has 1 aromatic heterocycles. The van der Waals surface area contributed by atoms with Gasteiger partial charge < -0.3 is 15.1 Å². The number of anilines is 2. The number of nitrogens with zero attached hydrogens (tertiary/aromatic N) is 4. The molecule has 0 saturated carbocycles. The van der Waals surface area contributed by atoms with Crippen molar-refractivity contribution >= 4 is 46.2 Å². The Morgan fingerprint density at radius 1 is 0.968 bits per heavy atom. The van der Waals surface area contributed by atoms with Gasteiger partial charge in [0, 0.05) is 36.7 Å². The standard InChI is InChI=1S/C25H32ClN5/c1-5-31(6-2)17-7-16-27-25-22-14-11-20(26)18-23(22)28-24(29-25)15-10-19-8-12-21(13-9-19)30(3)4/h8-15,18H,5-7,16-17H2,1-4H3,(H,27,28,29). The van der Waals surface area contributed by atoms with Gasteiger partial charge >= 0.3 is 0 Å². The number of halogens is 1. The lowest BCUT2D eigenvalue weighted by Crippen LogP contribution is -2.25. The lowest BCUT2D eigenvalue weighted by Gasteiger charge is -2.18. The van der Waals surface area contributed by atoms with E-state index in [1.807, 2.05) is 44.4 Å². The van der Waals surface area contributed by atoms with Gasteiger partial charge in [-0.3, -0.25) is 0 Å². The zero-order valence-corrected chi connectivity index (χ0v) is 19.7. The first kappa shape index (κ1) is 23.0. The largest absolute Gasteiger partial charge is 0.378 e. The van der Waals surface area contributed by atoms with Gasteiger partial charge in [-0.2, -0.15) is 0 Å². The highest BCUT2D eigenvalue weighted by atomic mass is 35.5. The van der Waals surface area contributed by atoms with E-state index in [1.165, 1.54) is 5.69 Å². The maximum atomic E-state index is 6.22. The van der Waals surface area contributed by atoms with Crippen LogP contribution in [0.5, 0.6) is 0 Å². The van der Waals surface area contributed by atoms with E-state index in [2.05, 4.69) is 53.2 Å². The molecular formula is C25H32ClN5. The second-order valence-electron chi connectivity index (χ2n) is 7.72. The number of aromatic nitrogens is 2. The second-order valence-corrected chi connectivity index (χ2v) is 8.15. The molecule has 3 rings (SSSR count). The highest BCUT2D eigenvalue weighted by Crippen LogP contribution is 2.24. The maximum absolute atomic E-state index is 6.22. The summed E-state index contributed by atoms with van der Waals surface area (Å²) in [6.07, 6.45) is 5.05. The minimum atomic E-state index is 0.665. The molecule has 0 aliphatic carbocycles. The fourth-order valence-corrected chi connectivity index (χ4v) is 3.60. The summed E-state index contributed by atoms with van der Waals surface area (Å²) in [7, 11) is 4.07. The van der Waals surface area contributed by atoms with Gasteiger partial charge in [-0.25, -0.2) is 9.97 Å². The van der Waals surface area contributed by atoms with Crippen LogP contribution < -0.4 is 10.2 Å². The van der Waals surface area contributed by atoms with E-state index in [4.69, 9.17) is 21.6 Å². The molecule has 1 N–H and O–H groups in total. The van der Waals surface area contributed by atoms with Crippen LogP contribution in [0.3, 0.4) is 0 Å². The van der Waals surface area contributed by atoms with Crippen molar-refractivity contribution in [1.82, 2.24) is 14.9 Å². The van der Waals surface area contributed by atoms with E-state index >= 15 is 0 Å². The molecule has 0 fully saturated rings. The Hall–Kier alpha value is -2.63. The topological polar surface area (TPSA) is 44.3 Å². The van der Waals surface area contributed by atoms with Gasteiger partial charge in [0.1, 0.15) is 5.82 Å². The molecule has 31 heavy (non-hydrogen) atoms. The van der Waals surface area contributed by atoms with E-state index in [0.29, 0.717) is 10.8 Å². The van der Waals surface area contributed by atoms with E-state index in [1.54, 1.807) is 0 Å². The van der Waals surface area contributed by atoms with Gasteiger partial charge in [0.25, 0.3) is 0 Å². The molecule has 0 aliphatic rings. The van der Waals surface area contributed by atoms with Crippen molar-refractivity contribution in [2.24, 2.45) is 0 Å². The summed E-state index contributed by atoms with van der Waals surface area (Å²) in [6, 6.07) is 14.1. The van der Waals surface area contributed by atoms with E-state index in [0.717, 1.165) is 54.9 Å². The Morgan fingerprint density at radius 3 is 2.39 bits per heavy atom. The van der Waals surface area contributed by atoms with Crippen LogP contribution in [0, 0.1) is 0 Å². The number of benzene rings is 2. The first-order valence-electron chi connectivity index (χ1n) is 10.9. The summed E-state index contributed by atoms with van der Waals surface area (Å²) < 4.78 is 0. The van der Waals surface area contributed by atoms with Gasteiger partial charge in [0.2, 0.25) is 0 Å². The Kier molecular flexibility index (Phi) is 8.27. The van der Waals surface area contributed by atoms with Gasteiger partial charge in [-0.05, 0) is 68.0 Å². The van der Waals surface area contributed by atoms with Gasteiger partial charge in [0.15, 0.2) is 5.82 Å². The molecule has 164 valence electrons. The van der Waals surface area contributed by atoms with Crippen LogP contribution in [0.2, 0.25) is 5.02 Å². The number of rotatable bonds is 10. The molecule has 0 atom stereocenters. The van der Waals surface area contributed by atoms with Crippen LogP contribution in [0.15, 0.2) is 42.5 Å². The van der Waals surface area contributed by atoms with E-state index < -0.39 is 0 Å². The van der Waals surface area contributed by atoms with Gasteiger partial charge in [0.05, 0.1) is 5.52 Å². The highest BCUT2D eigenvalue weighted by Gasteiger charge is 2.08. The lowest BCUT2D eigenvalue weighted by atomic mass is 10.2. The molecule has 3 aromatic rings. The van der Waals surface area contributed by atoms with Crippen molar-refractivity contribution in [2.45, 2.75) is 20.3 Å². The number of hydrogen-bond donors (Lipinski definition) is 1. The molecule has 6 heteroatoms. The molecular weight excluding hydrogens is 406 g/mol. The monoisotopic (exact) mass is 437 g/mol. The third-order valence-corrected chi connectivity index (χ3v) is 5.58. The van der Waals surface area contributed by atoms with Crippen LogP contribution in [0.1, 0.15) is 31.7 Å². The van der Waals surface area contributed by atoms with Crippen molar-refractivity contribution in [1.29, 1.82) is 0 Å². The predicted molar refractivity (Wildman–Crippen MR) is 135 cm³/mol. The van der Waals surface area contributed by atoms with Gasteiger partial charge in [-0.1, -0.05) is 43.7 Å². The Balaban J connectivity index is 1.79. The zero-order chi connectivity index (χ0) is 22.2. The molecule has 0 radical (unpaired) electrons. The van der Waals surface area contributed by atoms with E-state index in [9.17, 15) is 0 Å². The van der Waals surface area contributed by atoms with Crippen LogP contribution >= 0.6 is 11.6 Å². The van der Waals surface area contributed by atoms with Crippen molar-refractivity contribution < 1.29 is 0 Å². The summed E-state index contributed by atoms with van der Waals surface area (Å²) >= 11 is 6.22. The van der Waals surface area contributed by atoms with Crippen LogP contribution in [0.4, 0.5) is 11.5 Å². The molecule has 5 nitrogen and oxygen atoms in total. The third kappa shape index (κ3) is 6.42. The normalized spacial score (nSPS) is 11.5. The average molecular weight is 438 g/mol. The Labute approximate surface area is 190 Å². The minimum Gasteiger partial charge on any atom is -0.378 e. The minimum absolute atomic E-state index is 0.665. The van der Waals surface area contributed by atoms with Crippen molar-refractivity contribution in [3.05, 3.63) is 58.9 Å². The van der Waals surface area contributed by atoms with Gasteiger partial charge in [-0.15, -0.1) is 0 Å². The number of fused-ring (bicyclic) bond motifs is 1. The molecule has 0 amide bonds. The summed E-state index contributed by atoms with van der Waals surface area (Å²) in [5.41, 5.74) is 3.12. The first-order chi connectivity index (χ1) is 15.0. The maximum Gasteiger partial charge on any atom is 0.154 e. The third-order valence-electron chi connectivity index (χ3n) is 5.35. The fourth-order valence-electron chi connectivity index (χ4n) is 3.43. The van der Waals surface area contributed by atoms with Crippen molar-refractivity contribution in [3.8, 4) is 0 Å². The summed E-state index contributed by atoms with van der Waals surface area (Å²) in [5, 5.41) is 5.17. The number of hydrogen-bond acceptors (Lipinski definition) is 5. The smallest absolute Gasteiger partial charge is 0.154 e. The highest BCUT2D eigenvalue weighted by molar-refractivity contribution is 6.31. The zero-order valence-electron chi connectivity index (χ0n) is 18.9. The van der Waals surface area contributed by atoms with Crippen LogP contribution in [0.25, 0.3) is 23.1 Å².